The Hall–Kier alpha value is -1.10. The second kappa shape index (κ2) is 8.95. The topological polar surface area (TPSA) is 50.7 Å². The summed E-state index contributed by atoms with van der Waals surface area (Å²) in [5.74, 6) is 0.766. The number of hydrogen-bond acceptors (Lipinski definition) is 4. The third-order valence-electron chi connectivity index (χ3n) is 2.70. The number of aliphatic hydroxyl groups excluding tert-OH is 1. The van der Waals surface area contributed by atoms with E-state index in [2.05, 4.69) is 19.2 Å². The monoisotopic (exact) mass is 281 g/mol. The number of nitrogens with one attached hydrogen (secondary N) is 1. The second-order valence-electron chi connectivity index (χ2n) is 5.53. The van der Waals surface area contributed by atoms with E-state index in [-0.39, 0.29) is 12.7 Å². The molecule has 2 N–H and O–H groups in total. The SMILES string of the molecule is CC(C)NCc1ccc(OCC(O)COC(C)C)cc1. The standard InChI is InChI=1S/C16H27NO3/c1-12(2)17-9-14-5-7-16(8-6-14)20-11-15(18)10-19-13(3)4/h5-8,12-13,15,17-18H,9-11H2,1-4H3. The minimum Gasteiger partial charge on any atom is -0.491 e. The quantitative estimate of drug-likeness (QED) is 0.729. The summed E-state index contributed by atoms with van der Waals surface area (Å²) < 4.78 is 10.9. The number of ether oxygens (including phenoxy) is 2. The Kier molecular flexibility index (Phi) is 7.59. The van der Waals surface area contributed by atoms with Crippen molar-refractivity contribution in [3.8, 4) is 5.75 Å². The third kappa shape index (κ3) is 7.48. The highest BCUT2D eigenvalue weighted by Crippen LogP contribution is 2.12. The molecule has 0 aliphatic heterocycles. The fourth-order valence-electron chi connectivity index (χ4n) is 1.57. The van der Waals surface area contributed by atoms with Gasteiger partial charge in [-0.1, -0.05) is 26.0 Å². The molecular formula is C16H27NO3. The highest BCUT2D eigenvalue weighted by Gasteiger charge is 2.07. The molecule has 0 bridgehead atoms. The lowest BCUT2D eigenvalue weighted by molar-refractivity contribution is -0.0122. The molecule has 1 aromatic carbocycles. The van der Waals surface area contributed by atoms with Crippen LogP contribution in [-0.2, 0) is 11.3 Å². The van der Waals surface area contributed by atoms with Crippen LogP contribution in [0.5, 0.6) is 5.75 Å². The van der Waals surface area contributed by atoms with E-state index in [1.165, 1.54) is 5.56 Å². The fourth-order valence-corrected chi connectivity index (χ4v) is 1.57. The van der Waals surface area contributed by atoms with Gasteiger partial charge < -0.3 is 19.9 Å². The third-order valence-corrected chi connectivity index (χ3v) is 2.70. The lowest BCUT2D eigenvalue weighted by atomic mass is 10.2. The van der Waals surface area contributed by atoms with Gasteiger partial charge >= 0.3 is 0 Å². The molecule has 0 saturated carbocycles. The number of benzene rings is 1. The summed E-state index contributed by atoms with van der Waals surface area (Å²) in [6, 6.07) is 8.38. The van der Waals surface area contributed by atoms with E-state index < -0.39 is 6.10 Å². The lowest BCUT2D eigenvalue weighted by Gasteiger charge is -2.15. The number of rotatable bonds is 9. The average Bonchev–Trinajstić information content (AvgIpc) is 2.41. The molecule has 0 aliphatic rings. The van der Waals surface area contributed by atoms with Crippen LogP contribution in [0.15, 0.2) is 24.3 Å². The molecule has 0 radical (unpaired) electrons. The van der Waals surface area contributed by atoms with Gasteiger partial charge in [-0.05, 0) is 31.5 Å². The molecule has 1 rings (SSSR count). The van der Waals surface area contributed by atoms with Gasteiger partial charge in [0.05, 0.1) is 12.7 Å². The normalized spacial score (nSPS) is 12.9. The van der Waals surface area contributed by atoms with Crippen molar-refractivity contribution in [3.05, 3.63) is 29.8 Å². The molecule has 0 aromatic heterocycles. The highest BCUT2D eigenvalue weighted by atomic mass is 16.5. The summed E-state index contributed by atoms with van der Waals surface area (Å²) in [5, 5.41) is 13.1. The summed E-state index contributed by atoms with van der Waals surface area (Å²) >= 11 is 0. The van der Waals surface area contributed by atoms with Crippen LogP contribution in [0, 0.1) is 0 Å². The first-order chi connectivity index (χ1) is 9.47. The number of hydrogen-bond donors (Lipinski definition) is 2. The second-order valence-corrected chi connectivity index (χ2v) is 5.53. The van der Waals surface area contributed by atoms with Gasteiger partial charge in [0.25, 0.3) is 0 Å². The minimum absolute atomic E-state index is 0.123. The van der Waals surface area contributed by atoms with Crippen molar-refractivity contribution in [1.82, 2.24) is 5.32 Å². The summed E-state index contributed by atoms with van der Waals surface area (Å²) in [5.41, 5.74) is 1.22. The Balaban J connectivity index is 2.30. The van der Waals surface area contributed by atoms with Crippen molar-refractivity contribution in [2.24, 2.45) is 0 Å². The molecule has 4 heteroatoms. The average molecular weight is 281 g/mol. The predicted octanol–water partition coefficient (Wildman–Crippen LogP) is 2.35. The minimum atomic E-state index is -0.598. The Morgan fingerprint density at radius 3 is 2.25 bits per heavy atom. The lowest BCUT2D eigenvalue weighted by Crippen LogP contribution is -2.25. The zero-order chi connectivity index (χ0) is 15.0. The molecule has 0 heterocycles. The molecule has 0 spiro atoms. The molecule has 1 aromatic rings. The van der Waals surface area contributed by atoms with Gasteiger partial charge in [-0.15, -0.1) is 0 Å². The van der Waals surface area contributed by atoms with Crippen molar-refractivity contribution >= 4 is 0 Å². The molecule has 1 atom stereocenters. The largest absolute Gasteiger partial charge is 0.491 e. The Morgan fingerprint density at radius 2 is 1.70 bits per heavy atom. The van der Waals surface area contributed by atoms with Gasteiger partial charge in [0, 0.05) is 12.6 Å². The van der Waals surface area contributed by atoms with E-state index >= 15 is 0 Å². The first-order valence-corrected chi connectivity index (χ1v) is 7.22. The molecule has 0 saturated heterocycles. The first kappa shape index (κ1) is 17.0. The van der Waals surface area contributed by atoms with Crippen LogP contribution in [0.3, 0.4) is 0 Å². The highest BCUT2D eigenvalue weighted by molar-refractivity contribution is 5.27. The van der Waals surface area contributed by atoms with Crippen LogP contribution in [0.1, 0.15) is 33.3 Å². The summed E-state index contributed by atoms with van der Waals surface area (Å²) in [6.45, 7) is 9.53. The zero-order valence-electron chi connectivity index (χ0n) is 12.9. The molecule has 0 amide bonds. The van der Waals surface area contributed by atoms with Crippen molar-refractivity contribution < 1.29 is 14.6 Å². The molecule has 0 aliphatic carbocycles. The van der Waals surface area contributed by atoms with E-state index in [1.807, 2.05) is 38.1 Å². The summed E-state index contributed by atoms with van der Waals surface area (Å²) in [6.07, 6.45) is -0.475. The smallest absolute Gasteiger partial charge is 0.119 e. The van der Waals surface area contributed by atoms with E-state index in [4.69, 9.17) is 9.47 Å². The molecule has 20 heavy (non-hydrogen) atoms. The predicted molar refractivity (Wildman–Crippen MR) is 81.0 cm³/mol. The van der Waals surface area contributed by atoms with Crippen molar-refractivity contribution in [1.29, 1.82) is 0 Å². The molecular weight excluding hydrogens is 254 g/mol. The first-order valence-electron chi connectivity index (χ1n) is 7.22. The van der Waals surface area contributed by atoms with Gasteiger partial charge in [-0.3, -0.25) is 0 Å². The summed E-state index contributed by atoms with van der Waals surface area (Å²) in [4.78, 5) is 0. The van der Waals surface area contributed by atoms with Gasteiger partial charge in [0.2, 0.25) is 0 Å². The Labute approximate surface area is 122 Å². The van der Waals surface area contributed by atoms with Crippen LogP contribution in [0.2, 0.25) is 0 Å². The molecule has 4 nitrogen and oxygen atoms in total. The number of aliphatic hydroxyl groups is 1. The molecule has 1 unspecified atom stereocenters. The van der Waals surface area contributed by atoms with Crippen LogP contribution >= 0.6 is 0 Å². The van der Waals surface area contributed by atoms with E-state index in [0.717, 1.165) is 12.3 Å². The van der Waals surface area contributed by atoms with Crippen molar-refractivity contribution in [3.63, 3.8) is 0 Å². The Bertz CT molecular complexity index is 362. The van der Waals surface area contributed by atoms with Gasteiger partial charge in [-0.25, -0.2) is 0 Å². The van der Waals surface area contributed by atoms with Crippen LogP contribution in [0.25, 0.3) is 0 Å². The zero-order valence-corrected chi connectivity index (χ0v) is 12.9. The van der Waals surface area contributed by atoms with Crippen molar-refractivity contribution in [2.45, 2.75) is 52.5 Å². The van der Waals surface area contributed by atoms with Crippen LogP contribution in [0.4, 0.5) is 0 Å². The van der Waals surface area contributed by atoms with Crippen LogP contribution in [-0.4, -0.2) is 36.6 Å². The van der Waals surface area contributed by atoms with Crippen LogP contribution < -0.4 is 10.1 Å². The fraction of sp³-hybridized carbons (Fsp3) is 0.625. The Morgan fingerprint density at radius 1 is 1.05 bits per heavy atom. The molecule has 114 valence electrons. The van der Waals surface area contributed by atoms with E-state index in [0.29, 0.717) is 12.6 Å². The van der Waals surface area contributed by atoms with Crippen molar-refractivity contribution in [2.75, 3.05) is 13.2 Å². The maximum Gasteiger partial charge on any atom is 0.119 e. The maximum atomic E-state index is 9.70. The molecule has 0 fully saturated rings. The summed E-state index contributed by atoms with van der Waals surface area (Å²) in [7, 11) is 0. The van der Waals surface area contributed by atoms with E-state index in [9.17, 15) is 5.11 Å². The van der Waals surface area contributed by atoms with Gasteiger partial charge in [0.15, 0.2) is 0 Å². The van der Waals surface area contributed by atoms with E-state index in [1.54, 1.807) is 0 Å². The maximum absolute atomic E-state index is 9.70. The van der Waals surface area contributed by atoms with Gasteiger partial charge in [0.1, 0.15) is 18.5 Å². The van der Waals surface area contributed by atoms with Gasteiger partial charge in [-0.2, -0.15) is 0 Å².